The summed E-state index contributed by atoms with van der Waals surface area (Å²) in [6.45, 7) is 2.50. The van der Waals surface area contributed by atoms with Crippen LogP contribution < -0.4 is 0 Å². The number of amides is 2. The van der Waals surface area contributed by atoms with Crippen molar-refractivity contribution in [2.45, 2.75) is 71.1 Å². The highest BCUT2D eigenvalue weighted by atomic mass is 16.5. The molecule has 1 heterocycles. The molecule has 0 bridgehead atoms. The number of fused-ring (bicyclic) bond motifs is 1. The topological polar surface area (TPSA) is 83.9 Å². The van der Waals surface area contributed by atoms with Crippen molar-refractivity contribution < 1.29 is 24.3 Å². The minimum atomic E-state index is -0.888. The second-order valence-corrected chi connectivity index (χ2v) is 6.97. The minimum absolute atomic E-state index is 0.0227. The van der Waals surface area contributed by atoms with E-state index in [0.29, 0.717) is 0 Å². The van der Waals surface area contributed by atoms with E-state index < -0.39 is 17.8 Å². The fourth-order valence-corrected chi connectivity index (χ4v) is 3.28. The number of nitrogens with zero attached hydrogens (tertiary/aromatic N) is 1. The maximum absolute atomic E-state index is 12.2. The zero-order valence-corrected chi connectivity index (χ0v) is 16.0. The Morgan fingerprint density at radius 2 is 1.52 bits per heavy atom. The van der Waals surface area contributed by atoms with Gasteiger partial charge in [-0.3, -0.25) is 14.8 Å². The first-order valence-corrected chi connectivity index (χ1v) is 9.95. The maximum Gasteiger partial charge on any atom is 0.338 e. The van der Waals surface area contributed by atoms with Crippen molar-refractivity contribution >= 4 is 17.8 Å². The van der Waals surface area contributed by atoms with E-state index in [-0.39, 0.29) is 28.4 Å². The molecule has 1 aromatic rings. The van der Waals surface area contributed by atoms with Crippen LogP contribution in [0.2, 0.25) is 0 Å². The molecule has 27 heavy (non-hydrogen) atoms. The smallest absolute Gasteiger partial charge is 0.338 e. The molecule has 0 saturated carbocycles. The number of carbonyl (C=O) groups excluding carboxylic acids is 3. The van der Waals surface area contributed by atoms with Gasteiger partial charge >= 0.3 is 5.97 Å². The van der Waals surface area contributed by atoms with Crippen LogP contribution in [-0.2, 0) is 4.74 Å². The van der Waals surface area contributed by atoms with Crippen molar-refractivity contribution in [2.75, 3.05) is 6.61 Å². The standard InChI is InChI=1S/C21H29NO5/c1-2-3-4-5-6-7-8-9-10-11-15-27-21(25)17-14-12-13-16-18(17)20(24)22(26)19(16)23/h12-14,26H,2-11,15H2,1H3. The normalized spacial score (nSPS) is 13.2. The second-order valence-electron chi connectivity index (χ2n) is 6.97. The van der Waals surface area contributed by atoms with E-state index in [1.165, 1.54) is 63.1 Å². The Hall–Kier alpha value is -2.21. The van der Waals surface area contributed by atoms with E-state index in [1.807, 2.05) is 0 Å². The van der Waals surface area contributed by atoms with Crippen LogP contribution in [0.1, 0.15) is 102 Å². The molecule has 148 valence electrons. The van der Waals surface area contributed by atoms with Crippen LogP contribution in [-0.4, -0.2) is 34.7 Å². The van der Waals surface area contributed by atoms with Gasteiger partial charge in [0.05, 0.1) is 23.3 Å². The summed E-state index contributed by atoms with van der Waals surface area (Å²) in [7, 11) is 0. The summed E-state index contributed by atoms with van der Waals surface area (Å²) in [6, 6.07) is 4.34. The highest BCUT2D eigenvalue weighted by molar-refractivity contribution is 6.23. The number of esters is 1. The SMILES string of the molecule is CCCCCCCCCCCCOC(=O)c1cccc2c1C(=O)N(O)C2=O. The van der Waals surface area contributed by atoms with Gasteiger partial charge in [-0.2, -0.15) is 0 Å². The Balaban J connectivity index is 1.67. The Morgan fingerprint density at radius 3 is 2.15 bits per heavy atom. The lowest BCUT2D eigenvalue weighted by Crippen LogP contribution is -2.25. The van der Waals surface area contributed by atoms with Gasteiger partial charge < -0.3 is 4.74 Å². The van der Waals surface area contributed by atoms with Crippen molar-refractivity contribution in [1.82, 2.24) is 5.06 Å². The molecule has 0 aliphatic carbocycles. The van der Waals surface area contributed by atoms with Crippen molar-refractivity contribution in [3.8, 4) is 0 Å². The van der Waals surface area contributed by atoms with Gasteiger partial charge in [0, 0.05) is 0 Å². The van der Waals surface area contributed by atoms with Crippen LogP contribution >= 0.6 is 0 Å². The Kier molecular flexibility index (Phi) is 8.45. The molecular weight excluding hydrogens is 346 g/mol. The van der Waals surface area contributed by atoms with Crippen molar-refractivity contribution in [3.05, 3.63) is 34.9 Å². The van der Waals surface area contributed by atoms with E-state index in [1.54, 1.807) is 0 Å². The first-order chi connectivity index (χ1) is 13.1. The molecule has 6 nitrogen and oxygen atoms in total. The molecule has 1 N–H and O–H groups in total. The van der Waals surface area contributed by atoms with Gasteiger partial charge in [-0.25, -0.2) is 4.79 Å². The molecule has 0 unspecified atom stereocenters. The van der Waals surface area contributed by atoms with Crippen LogP contribution in [0, 0.1) is 0 Å². The van der Waals surface area contributed by atoms with E-state index in [2.05, 4.69) is 6.92 Å². The molecule has 2 amide bonds. The lowest BCUT2D eigenvalue weighted by molar-refractivity contribution is -0.0328. The molecule has 0 saturated heterocycles. The molecular formula is C21H29NO5. The van der Waals surface area contributed by atoms with Gasteiger partial charge in [0.2, 0.25) is 0 Å². The summed E-state index contributed by atoms with van der Waals surface area (Å²) in [5.41, 5.74) is -0.0385. The van der Waals surface area contributed by atoms with E-state index in [4.69, 9.17) is 4.74 Å². The number of ether oxygens (including phenoxy) is 1. The summed E-state index contributed by atoms with van der Waals surface area (Å²) in [4.78, 5) is 35.9. The van der Waals surface area contributed by atoms with Gasteiger partial charge in [0.1, 0.15) is 0 Å². The number of unbranched alkanes of at least 4 members (excludes halogenated alkanes) is 9. The monoisotopic (exact) mass is 375 g/mol. The summed E-state index contributed by atoms with van der Waals surface area (Å²) >= 11 is 0. The van der Waals surface area contributed by atoms with Crippen LogP contribution in [0.3, 0.4) is 0 Å². The Bertz CT molecular complexity index is 671. The first kappa shape index (κ1) is 21.1. The Labute approximate surface area is 160 Å². The van der Waals surface area contributed by atoms with Gasteiger partial charge in [-0.05, 0) is 18.6 Å². The molecule has 6 heteroatoms. The number of rotatable bonds is 12. The quantitative estimate of drug-likeness (QED) is 0.247. The van der Waals surface area contributed by atoms with Crippen LogP contribution in [0.15, 0.2) is 18.2 Å². The highest BCUT2D eigenvalue weighted by Crippen LogP contribution is 2.25. The van der Waals surface area contributed by atoms with Crippen molar-refractivity contribution in [2.24, 2.45) is 0 Å². The molecule has 1 aliphatic heterocycles. The van der Waals surface area contributed by atoms with Gasteiger partial charge in [-0.15, -0.1) is 5.06 Å². The van der Waals surface area contributed by atoms with E-state index in [9.17, 15) is 19.6 Å². The number of carbonyl (C=O) groups is 3. The second kappa shape index (κ2) is 10.8. The summed E-state index contributed by atoms with van der Waals surface area (Å²) in [5, 5.41) is 9.48. The lowest BCUT2D eigenvalue weighted by Gasteiger charge is -2.07. The average Bonchev–Trinajstić information content (AvgIpc) is 2.90. The summed E-state index contributed by atoms with van der Waals surface area (Å²) in [6.07, 6.45) is 11.9. The molecule has 1 aliphatic rings. The van der Waals surface area contributed by atoms with Gasteiger partial charge in [-0.1, -0.05) is 70.8 Å². The third-order valence-corrected chi connectivity index (χ3v) is 4.84. The molecule has 0 aromatic heterocycles. The minimum Gasteiger partial charge on any atom is -0.462 e. The van der Waals surface area contributed by atoms with Crippen LogP contribution in [0.5, 0.6) is 0 Å². The lowest BCUT2D eigenvalue weighted by atomic mass is 10.0. The number of hydrogen-bond donors (Lipinski definition) is 1. The van der Waals surface area contributed by atoms with Crippen LogP contribution in [0.4, 0.5) is 0 Å². The molecule has 0 spiro atoms. The van der Waals surface area contributed by atoms with Crippen LogP contribution in [0.25, 0.3) is 0 Å². The number of imide groups is 1. The fourth-order valence-electron chi connectivity index (χ4n) is 3.28. The first-order valence-electron chi connectivity index (χ1n) is 9.95. The summed E-state index contributed by atoms with van der Waals surface area (Å²) in [5.74, 6) is -2.35. The van der Waals surface area contributed by atoms with Gasteiger partial charge in [0.15, 0.2) is 0 Å². The number of hydrogen-bond acceptors (Lipinski definition) is 5. The summed E-state index contributed by atoms with van der Waals surface area (Å²) < 4.78 is 5.24. The Morgan fingerprint density at radius 1 is 0.926 bits per heavy atom. The third-order valence-electron chi connectivity index (χ3n) is 4.84. The maximum atomic E-state index is 12.2. The highest BCUT2D eigenvalue weighted by Gasteiger charge is 2.38. The fraction of sp³-hybridized carbons (Fsp3) is 0.571. The third kappa shape index (κ3) is 5.63. The van der Waals surface area contributed by atoms with E-state index >= 15 is 0 Å². The number of benzene rings is 1. The molecule has 0 radical (unpaired) electrons. The molecule has 1 aromatic carbocycles. The zero-order valence-electron chi connectivity index (χ0n) is 16.0. The van der Waals surface area contributed by atoms with Crippen molar-refractivity contribution in [3.63, 3.8) is 0 Å². The average molecular weight is 375 g/mol. The largest absolute Gasteiger partial charge is 0.462 e. The van der Waals surface area contributed by atoms with Crippen molar-refractivity contribution in [1.29, 1.82) is 0 Å². The van der Waals surface area contributed by atoms with Gasteiger partial charge in [0.25, 0.3) is 11.8 Å². The molecule has 0 atom stereocenters. The molecule has 2 rings (SSSR count). The number of hydroxylamine groups is 2. The predicted molar refractivity (Wildman–Crippen MR) is 101 cm³/mol. The zero-order chi connectivity index (χ0) is 19.6. The van der Waals surface area contributed by atoms with E-state index in [0.717, 1.165) is 19.3 Å². The predicted octanol–water partition coefficient (Wildman–Crippen LogP) is 4.75. The molecule has 0 fully saturated rings.